The molecule has 0 aliphatic carbocycles. The van der Waals surface area contributed by atoms with Crippen LogP contribution in [0.25, 0.3) is 10.8 Å². The van der Waals surface area contributed by atoms with E-state index in [4.69, 9.17) is 4.74 Å². The number of nitrogens with one attached hydrogen (secondary N) is 1. The molecule has 1 amide bonds. The number of benzene rings is 2. The van der Waals surface area contributed by atoms with Crippen LogP contribution in [0.3, 0.4) is 0 Å². The minimum absolute atomic E-state index is 0.0197. The van der Waals surface area contributed by atoms with Crippen LogP contribution in [0, 0.1) is 5.92 Å². The maximum atomic E-state index is 12.2. The zero-order chi connectivity index (χ0) is 19.7. The van der Waals surface area contributed by atoms with Crippen LogP contribution < -0.4 is 10.2 Å². The van der Waals surface area contributed by atoms with Crippen molar-refractivity contribution in [3.63, 3.8) is 0 Å². The molecule has 1 aromatic heterocycles. The zero-order valence-electron chi connectivity index (χ0n) is 16.3. The minimum Gasteiger partial charge on any atom is -0.447 e. The van der Waals surface area contributed by atoms with Crippen molar-refractivity contribution in [1.82, 2.24) is 9.97 Å². The summed E-state index contributed by atoms with van der Waals surface area (Å²) in [5.41, 5.74) is 1.15. The molecule has 0 bridgehead atoms. The second kappa shape index (κ2) is 7.46. The quantitative estimate of drug-likeness (QED) is 0.694. The third kappa shape index (κ3) is 3.50. The van der Waals surface area contributed by atoms with Crippen LogP contribution in [0.4, 0.5) is 16.6 Å². The molecule has 6 heteroatoms. The second-order valence-electron chi connectivity index (χ2n) is 7.47. The summed E-state index contributed by atoms with van der Waals surface area (Å²) in [7, 11) is 0. The Morgan fingerprint density at radius 3 is 2.68 bits per heavy atom. The number of nitrogens with zero attached hydrogens (tertiary/aromatic N) is 3. The summed E-state index contributed by atoms with van der Waals surface area (Å²) >= 11 is 0. The number of ether oxygens (including phenoxy) is 1. The number of hydrogen-bond donors (Lipinski definition) is 1. The van der Waals surface area contributed by atoms with Crippen LogP contribution in [0.15, 0.2) is 54.7 Å². The maximum absolute atomic E-state index is 12.2. The van der Waals surface area contributed by atoms with Gasteiger partial charge in [-0.1, -0.05) is 50.2 Å². The first-order valence-corrected chi connectivity index (χ1v) is 9.57. The molecular weight excluding hydrogens is 352 g/mol. The lowest BCUT2D eigenvalue weighted by molar-refractivity contribution is 0.177. The van der Waals surface area contributed by atoms with Crippen molar-refractivity contribution in [3.05, 3.63) is 60.3 Å². The lowest BCUT2D eigenvalue weighted by Crippen LogP contribution is -2.37. The maximum Gasteiger partial charge on any atom is 0.415 e. The van der Waals surface area contributed by atoms with Gasteiger partial charge in [-0.2, -0.15) is 4.98 Å². The summed E-state index contributed by atoms with van der Waals surface area (Å²) in [5, 5.41) is 5.75. The summed E-state index contributed by atoms with van der Waals surface area (Å²) < 4.78 is 5.23. The standard InChI is InChI=1S/C22H24N4O2/c1-14(2)19-13-28-22(27)26(19)20-10-11-23-21(25-20)24-15(3)17-9-8-16-6-4-5-7-18(16)12-17/h4-12,14-15,19H,13H2,1-3H3,(H,23,24,25)/t15-,19?/m0/s1. The normalized spacial score (nSPS) is 17.8. The van der Waals surface area contributed by atoms with Gasteiger partial charge in [-0.05, 0) is 41.3 Å². The van der Waals surface area contributed by atoms with E-state index in [9.17, 15) is 4.79 Å². The molecular formula is C22H24N4O2. The van der Waals surface area contributed by atoms with Crippen molar-refractivity contribution >= 4 is 28.6 Å². The number of amides is 1. The number of carbonyl (C=O) groups is 1. The van der Waals surface area contributed by atoms with Crippen molar-refractivity contribution in [2.45, 2.75) is 32.9 Å². The van der Waals surface area contributed by atoms with Crippen molar-refractivity contribution in [2.75, 3.05) is 16.8 Å². The molecule has 0 spiro atoms. The highest BCUT2D eigenvalue weighted by Gasteiger charge is 2.37. The van der Waals surface area contributed by atoms with Crippen molar-refractivity contribution in [1.29, 1.82) is 0 Å². The lowest BCUT2D eigenvalue weighted by atomic mass is 10.0. The molecule has 2 aromatic carbocycles. The number of aromatic nitrogens is 2. The van der Waals surface area contributed by atoms with Crippen molar-refractivity contribution in [3.8, 4) is 0 Å². The Labute approximate surface area is 164 Å². The predicted octanol–water partition coefficient (Wildman–Crippen LogP) is 4.78. The Morgan fingerprint density at radius 2 is 1.89 bits per heavy atom. The highest BCUT2D eigenvalue weighted by atomic mass is 16.6. The molecule has 0 saturated carbocycles. The molecule has 1 N–H and O–H groups in total. The van der Waals surface area contributed by atoms with E-state index in [1.54, 1.807) is 17.2 Å². The van der Waals surface area contributed by atoms with Crippen molar-refractivity contribution in [2.24, 2.45) is 5.92 Å². The fraction of sp³-hybridized carbons (Fsp3) is 0.318. The van der Waals surface area contributed by atoms with Gasteiger partial charge >= 0.3 is 6.09 Å². The lowest BCUT2D eigenvalue weighted by Gasteiger charge is -2.23. The molecule has 1 aliphatic heterocycles. The zero-order valence-corrected chi connectivity index (χ0v) is 16.3. The van der Waals surface area contributed by atoms with Crippen LogP contribution in [-0.4, -0.2) is 28.7 Å². The van der Waals surface area contributed by atoms with Gasteiger partial charge in [-0.25, -0.2) is 9.78 Å². The van der Waals surface area contributed by atoms with Gasteiger partial charge in [0.05, 0.1) is 12.1 Å². The van der Waals surface area contributed by atoms with E-state index in [1.807, 2.05) is 12.1 Å². The van der Waals surface area contributed by atoms with Gasteiger partial charge in [0.25, 0.3) is 0 Å². The summed E-state index contributed by atoms with van der Waals surface area (Å²) in [4.78, 5) is 22.7. The third-order valence-corrected chi connectivity index (χ3v) is 5.18. The van der Waals surface area contributed by atoms with E-state index in [2.05, 4.69) is 66.4 Å². The van der Waals surface area contributed by atoms with E-state index >= 15 is 0 Å². The molecule has 1 fully saturated rings. The van der Waals surface area contributed by atoms with Gasteiger partial charge in [-0.15, -0.1) is 0 Å². The van der Waals surface area contributed by atoms with E-state index in [1.165, 1.54) is 10.8 Å². The van der Waals surface area contributed by atoms with Gasteiger partial charge in [0.1, 0.15) is 12.4 Å². The molecule has 1 saturated heterocycles. The Balaban J connectivity index is 1.56. The first-order chi connectivity index (χ1) is 13.5. The molecule has 4 rings (SSSR count). The fourth-order valence-electron chi connectivity index (χ4n) is 3.50. The van der Waals surface area contributed by atoms with E-state index in [0.29, 0.717) is 18.4 Å². The number of cyclic esters (lactones) is 1. The largest absolute Gasteiger partial charge is 0.447 e. The monoisotopic (exact) mass is 376 g/mol. The number of anilines is 2. The minimum atomic E-state index is -0.356. The highest BCUT2D eigenvalue weighted by Crippen LogP contribution is 2.27. The second-order valence-corrected chi connectivity index (χ2v) is 7.47. The number of fused-ring (bicyclic) bond motifs is 1. The Morgan fingerprint density at radius 1 is 1.11 bits per heavy atom. The third-order valence-electron chi connectivity index (χ3n) is 5.18. The predicted molar refractivity (Wildman–Crippen MR) is 110 cm³/mol. The van der Waals surface area contributed by atoms with Crippen LogP contribution in [-0.2, 0) is 4.74 Å². The molecule has 144 valence electrons. The molecule has 1 unspecified atom stereocenters. The van der Waals surface area contributed by atoms with Gasteiger partial charge < -0.3 is 10.1 Å². The molecule has 1 aliphatic rings. The first kappa shape index (κ1) is 18.2. The van der Waals surface area contributed by atoms with Crippen LogP contribution >= 0.6 is 0 Å². The summed E-state index contributed by atoms with van der Waals surface area (Å²) in [6.07, 6.45) is 1.31. The van der Waals surface area contributed by atoms with Crippen LogP contribution in [0.2, 0.25) is 0 Å². The molecule has 0 radical (unpaired) electrons. The van der Waals surface area contributed by atoms with Gasteiger partial charge in [0.15, 0.2) is 0 Å². The van der Waals surface area contributed by atoms with E-state index < -0.39 is 0 Å². The Kier molecular flexibility index (Phi) is 4.86. The molecule has 2 heterocycles. The van der Waals surface area contributed by atoms with Crippen LogP contribution in [0.1, 0.15) is 32.4 Å². The molecule has 28 heavy (non-hydrogen) atoms. The number of rotatable bonds is 5. The van der Waals surface area contributed by atoms with Gasteiger partial charge in [0, 0.05) is 6.20 Å². The summed E-state index contributed by atoms with van der Waals surface area (Å²) in [6, 6.07) is 16.4. The van der Waals surface area contributed by atoms with Gasteiger partial charge in [0.2, 0.25) is 5.95 Å². The highest BCUT2D eigenvalue weighted by molar-refractivity contribution is 5.89. The first-order valence-electron chi connectivity index (χ1n) is 9.57. The molecule has 2 atom stereocenters. The molecule has 3 aromatic rings. The Bertz CT molecular complexity index is 1000. The smallest absolute Gasteiger partial charge is 0.415 e. The summed E-state index contributed by atoms with van der Waals surface area (Å²) in [6.45, 7) is 6.60. The van der Waals surface area contributed by atoms with Gasteiger partial charge in [-0.3, -0.25) is 4.90 Å². The Hall–Kier alpha value is -3.15. The topological polar surface area (TPSA) is 67.3 Å². The average Bonchev–Trinajstić information content (AvgIpc) is 3.09. The molecule has 6 nitrogen and oxygen atoms in total. The number of carbonyl (C=O) groups excluding carboxylic acids is 1. The van der Waals surface area contributed by atoms with E-state index in [0.717, 1.165) is 5.56 Å². The fourth-order valence-corrected chi connectivity index (χ4v) is 3.50. The van der Waals surface area contributed by atoms with Crippen LogP contribution in [0.5, 0.6) is 0 Å². The van der Waals surface area contributed by atoms with Crippen molar-refractivity contribution < 1.29 is 9.53 Å². The SMILES string of the molecule is CC(C)C1COC(=O)N1c1ccnc(N[C@@H](C)c2ccc3ccccc3c2)n1. The number of hydrogen-bond acceptors (Lipinski definition) is 5. The van der Waals surface area contributed by atoms with E-state index in [-0.39, 0.29) is 24.1 Å². The summed E-state index contributed by atoms with van der Waals surface area (Å²) in [5.74, 6) is 1.32. The average molecular weight is 376 g/mol.